The SMILES string of the molecule is COC1(OC)[C@@]2(Cl)C(Cl)=C(Cl)[C@@]1(Cl)[C@H]1CCCC[C@H]12. The summed E-state index contributed by atoms with van der Waals surface area (Å²) in [5.74, 6) is -0.928. The third-order valence-corrected chi connectivity index (χ3v) is 7.85. The molecule has 3 aliphatic carbocycles. The molecule has 3 aliphatic rings. The minimum Gasteiger partial charge on any atom is -0.350 e. The van der Waals surface area contributed by atoms with Crippen molar-refractivity contribution in [3.63, 3.8) is 0 Å². The fraction of sp³-hybridized carbons (Fsp3) is 0.846. The van der Waals surface area contributed by atoms with Gasteiger partial charge in [-0.1, -0.05) is 36.0 Å². The van der Waals surface area contributed by atoms with Crippen molar-refractivity contribution in [3.8, 4) is 0 Å². The zero-order chi connectivity index (χ0) is 14.1. The van der Waals surface area contributed by atoms with E-state index in [-0.39, 0.29) is 11.8 Å². The summed E-state index contributed by atoms with van der Waals surface area (Å²) in [6.07, 6.45) is 4.18. The van der Waals surface area contributed by atoms with Crippen LogP contribution in [0.15, 0.2) is 10.1 Å². The summed E-state index contributed by atoms with van der Waals surface area (Å²) in [5.41, 5.74) is 0. The van der Waals surface area contributed by atoms with Gasteiger partial charge in [-0.3, -0.25) is 0 Å². The van der Waals surface area contributed by atoms with Crippen LogP contribution < -0.4 is 0 Å². The van der Waals surface area contributed by atoms with Gasteiger partial charge in [0.25, 0.3) is 0 Å². The molecule has 108 valence electrons. The highest BCUT2D eigenvalue weighted by atomic mass is 35.5. The van der Waals surface area contributed by atoms with E-state index in [0.29, 0.717) is 10.1 Å². The van der Waals surface area contributed by atoms with Crippen LogP contribution in [0.25, 0.3) is 0 Å². The third kappa shape index (κ3) is 1.31. The maximum atomic E-state index is 6.92. The first-order valence-electron chi connectivity index (χ1n) is 6.46. The highest BCUT2D eigenvalue weighted by Gasteiger charge is 2.84. The average molecular weight is 346 g/mol. The van der Waals surface area contributed by atoms with Gasteiger partial charge in [0.05, 0.1) is 10.1 Å². The maximum absolute atomic E-state index is 6.92. The standard InChI is InChI=1S/C13H16Cl4O2/c1-18-13(19-2)11(16)7-5-3-4-6-8(7)12(13,17)10(15)9(11)14/h7-8H,3-6H2,1-2H3/t7-,8+,11-,12-/m0/s1. The summed E-state index contributed by atoms with van der Waals surface area (Å²) in [6.45, 7) is 0. The quantitative estimate of drug-likeness (QED) is 0.543. The number of hydrogen-bond acceptors (Lipinski definition) is 2. The maximum Gasteiger partial charge on any atom is 0.217 e. The molecule has 6 heteroatoms. The van der Waals surface area contributed by atoms with Gasteiger partial charge < -0.3 is 9.47 Å². The van der Waals surface area contributed by atoms with Crippen molar-refractivity contribution in [2.75, 3.05) is 14.2 Å². The largest absolute Gasteiger partial charge is 0.350 e. The van der Waals surface area contributed by atoms with Gasteiger partial charge in [-0.2, -0.15) is 0 Å². The molecule has 4 atom stereocenters. The topological polar surface area (TPSA) is 18.5 Å². The Hall–Kier alpha value is 0.820. The smallest absolute Gasteiger partial charge is 0.217 e. The van der Waals surface area contributed by atoms with Gasteiger partial charge in [-0.25, -0.2) is 0 Å². The summed E-state index contributed by atoms with van der Waals surface area (Å²) in [4.78, 5) is -1.97. The second kappa shape index (κ2) is 4.41. The summed E-state index contributed by atoms with van der Waals surface area (Å²) < 4.78 is 11.4. The van der Waals surface area contributed by atoms with Crippen LogP contribution in [-0.4, -0.2) is 29.8 Å². The van der Waals surface area contributed by atoms with Crippen LogP contribution in [0.1, 0.15) is 25.7 Å². The Bertz CT molecular complexity index is 412. The molecule has 0 aromatic carbocycles. The predicted molar refractivity (Wildman–Crippen MR) is 78.1 cm³/mol. The Morgan fingerprint density at radius 2 is 1.26 bits per heavy atom. The number of fused-ring (bicyclic) bond motifs is 5. The lowest BCUT2D eigenvalue weighted by Gasteiger charge is -2.41. The number of ether oxygens (including phenoxy) is 2. The molecular formula is C13H16Cl4O2. The van der Waals surface area contributed by atoms with Crippen molar-refractivity contribution in [3.05, 3.63) is 10.1 Å². The van der Waals surface area contributed by atoms with Crippen molar-refractivity contribution in [1.82, 2.24) is 0 Å². The first kappa shape index (κ1) is 14.7. The fourth-order valence-electron chi connectivity index (χ4n) is 4.45. The number of halogens is 4. The normalized spacial score (nSPS) is 47.7. The van der Waals surface area contributed by atoms with Crippen molar-refractivity contribution in [2.24, 2.45) is 11.8 Å². The Morgan fingerprint density at radius 3 is 1.58 bits per heavy atom. The Kier molecular flexibility index (Phi) is 3.42. The second-order valence-corrected chi connectivity index (χ2v) is 7.52. The van der Waals surface area contributed by atoms with Crippen LogP contribution in [0.3, 0.4) is 0 Å². The molecular weight excluding hydrogens is 330 g/mol. The molecule has 0 radical (unpaired) electrons. The monoisotopic (exact) mass is 344 g/mol. The lowest BCUT2D eigenvalue weighted by atomic mass is 9.73. The van der Waals surface area contributed by atoms with E-state index in [1.54, 1.807) is 14.2 Å². The van der Waals surface area contributed by atoms with Crippen LogP contribution in [-0.2, 0) is 9.47 Å². The Morgan fingerprint density at radius 1 is 0.895 bits per heavy atom. The summed E-state index contributed by atoms with van der Waals surface area (Å²) in [5, 5.41) is 0.773. The van der Waals surface area contributed by atoms with E-state index in [2.05, 4.69) is 0 Å². The van der Waals surface area contributed by atoms with Gasteiger partial charge in [0.15, 0.2) is 0 Å². The number of hydrogen-bond donors (Lipinski definition) is 0. The second-order valence-electron chi connectivity index (χ2n) is 5.57. The summed E-state index contributed by atoms with van der Waals surface area (Å²) in [7, 11) is 3.10. The molecule has 0 saturated heterocycles. The Balaban J connectivity index is 2.27. The Labute approximate surface area is 133 Å². The van der Waals surface area contributed by atoms with E-state index >= 15 is 0 Å². The van der Waals surface area contributed by atoms with E-state index in [1.807, 2.05) is 0 Å². The molecule has 0 aliphatic heterocycles. The molecule has 19 heavy (non-hydrogen) atoms. The van der Waals surface area contributed by atoms with E-state index in [1.165, 1.54) is 0 Å². The molecule has 2 fully saturated rings. The van der Waals surface area contributed by atoms with E-state index in [0.717, 1.165) is 25.7 Å². The lowest BCUT2D eigenvalue weighted by Crippen LogP contribution is -2.57. The van der Waals surface area contributed by atoms with E-state index in [9.17, 15) is 0 Å². The van der Waals surface area contributed by atoms with Gasteiger partial charge in [-0.05, 0) is 24.7 Å². The van der Waals surface area contributed by atoms with Crippen molar-refractivity contribution < 1.29 is 9.47 Å². The molecule has 2 nitrogen and oxygen atoms in total. The molecule has 2 saturated carbocycles. The van der Waals surface area contributed by atoms with Gasteiger partial charge in [0.1, 0.15) is 9.75 Å². The summed E-state index contributed by atoms with van der Waals surface area (Å²) >= 11 is 26.7. The lowest BCUT2D eigenvalue weighted by molar-refractivity contribution is -0.220. The molecule has 0 spiro atoms. The van der Waals surface area contributed by atoms with Crippen molar-refractivity contribution in [2.45, 2.75) is 41.2 Å². The predicted octanol–water partition coefficient (Wildman–Crippen LogP) is 4.45. The van der Waals surface area contributed by atoms with Crippen LogP contribution >= 0.6 is 46.4 Å². The van der Waals surface area contributed by atoms with Crippen LogP contribution in [0, 0.1) is 11.8 Å². The molecule has 0 unspecified atom stereocenters. The molecule has 0 amide bonds. The highest BCUT2D eigenvalue weighted by molar-refractivity contribution is 6.52. The minimum absolute atomic E-state index is 0.135. The van der Waals surface area contributed by atoms with Crippen LogP contribution in [0.2, 0.25) is 0 Å². The van der Waals surface area contributed by atoms with E-state index < -0.39 is 15.5 Å². The zero-order valence-corrected chi connectivity index (χ0v) is 13.8. The first-order valence-corrected chi connectivity index (χ1v) is 7.97. The van der Waals surface area contributed by atoms with Gasteiger partial charge in [0, 0.05) is 14.2 Å². The number of alkyl halides is 2. The third-order valence-electron chi connectivity index (χ3n) is 5.15. The molecule has 3 rings (SSSR count). The van der Waals surface area contributed by atoms with Crippen LogP contribution in [0.5, 0.6) is 0 Å². The van der Waals surface area contributed by atoms with Gasteiger partial charge >= 0.3 is 0 Å². The van der Waals surface area contributed by atoms with Gasteiger partial charge in [0.2, 0.25) is 5.79 Å². The summed E-state index contributed by atoms with van der Waals surface area (Å²) in [6, 6.07) is 0. The zero-order valence-electron chi connectivity index (χ0n) is 10.8. The minimum atomic E-state index is -1.20. The number of methoxy groups -OCH3 is 2. The average Bonchev–Trinajstić information content (AvgIpc) is 2.69. The fourth-order valence-corrected chi connectivity index (χ4v) is 6.74. The molecule has 0 N–H and O–H groups in total. The number of rotatable bonds is 2. The molecule has 0 heterocycles. The van der Waals surface area contributed by atoms with Crippen molar-refractivity contribution in [1.29, 1.82) is 0 Å². The van der Waals surface area contributed by atoms with E-state index in [4.69, 9.17) is 55.9 Å². The molecule has 0 aromatic rings. The van der Waals surface area contributed by atoms with Crippen molar-refractivity contribution >= 4 is 46.4 Å². The highest BCUT2D eigenvalue weighted by Crippen LogP contribution is 2.75. The first-order chi connectivity index (χ1) is 8.91. The molecule has 0 aromatic heterocycles. The van der Waals surface area contributed by atoms with Crippen LogP contribution in [0.4, 0.5) is 0 Å². The van der Waals surface area contributed by atoms with Gasteiger partial charge in [-0.15, -0.1) is 23.2 Å². The molecule has 2 bridgehead atoms.